The number of thioether (sulfide) groups is 1. The molecule has 0 bridgehead atoms. The van der Waals surface area contributed by atoms with E-state index in [9.17, 15) is 14.4 Å². The molecule has 2 fully saturated rings. The topological polar surface area (TPSA) is 122 Å². The maximum atomic E-state index is 12.4. The lowest BCUT2D eigenvalue weighted by atomic mass is 10.00. The molecule has 1 aliphatic carbocycles. The number of hydrogen-bond donors (Lipinski definition) is 2. The van der Waals surface area contributed by atoms with E-state index in [0.29, 0.717) is 17.6 Å². The van der Waals surface area contributed by atoms with Gasteiger partial charge in [-0.3, -0.25) is 24.6 Å². The molecule has 0 radical (unpaired) electrons. The van der Waals surface area contributed by atoms with Crippen molar-refractivity contribution >= 4 is 29.6 Å². The molecule has 1 atom stereocenters. The third kappa shape index (κ3) is 3.69. The quantitative estimate of drug-likeness (QED) is 0.519. The van der Waals surface area contributed by atoms with Crippen molar-refractivity contribution < 1.29 is 14.4 Å². The van der Waals surface area contributed by atoms with Gasteiger partial charge in [0, 0.05) is 24.0 Å². The molecule has 0 spiro atoms. The fourth-order valence-corrected chi connectivity index (χ4v) is 3.84. The highest BCUT2D eigenvalue weighted by Gasteiger charge is 2.47. The van der Waals surface area contributed by atoms with Gasteiger partial charge in [0.15, 0.2) is 11.0 Å². The van der Waals surface area contributed by atoms with E-state index in [4.69, 9.17) is 0 Å². The molecular weight excluding hydrogens is 394 g/mol. The Bertz CT molecular complexity index is 960. The van der Waals surface area contributed by atoms with Gasteiger partial charge in [-0.25, -0.2) is 4.79 Å². The molecule has 2 N–H and O–H groups in total. The van der Waals surface area contributed by atoms with Crippen LogP contribution >= 0.6 is 11.8 Å². The van der Waals surface area contributed by atoms with Crippen molar-refractivity contribution in [3.05, 3.63) is 24.5 Å². The molecule has 0 aromatic carbocycles. The van der Waals surface area contributed by atoms with Crippen LogP contribution in [0, 0.1) is 0 Å². The minimum absolute atomic E-state index is 0.00219. The number of carbonyl (C=O) groups excluding carboxylic acids is 3. The number of pyridine rings is 1. The fourth-order valence-electron chi connectivity index (χ4n) is 3.04. The van der Waals surface area contributed by atoms with Crippen LogP contribution in [0.4, 0.5) is 4.79 Å². The van der Waals surface area contributed by atoms with Crippen LogP contribution in [0.15, 0.2) is 29.7 Å². The molecule has 3 heterocycles. The van der Waals surface area contributed by atoms with Crippen molar-refractivity contribution in [2.75, 3.05) is 5.75 Å². The summed E-state index contributed by atoms with van der Waals surface area (Å²) in [5.41, 5.74) is 2.25. The first-order valence-electron chi connectivity index (χ1n) is 9.37. The van der Waals surface area contributed by atoms with Gasteiger partial charge >= 0.3 is 6.03 Å². The number of rotatable bonds is 7. The molecular formula is C18H21N7O3S. The Morgan fingerprint density at radius 1 is 1.38 bits per heavy atom. The Morgan fingerprint density at radius 3 is 2.79 bits per heavy atom. The zero-order chi connectivity index (χ0) is 20.6. The second kappa shape index (κ2) is 7.47. The standard InChI is InChI=1S/C18H21N7O3S/c1-3-18(2)15(27)25(16(28)20-18)23-13(26)10-29-17-22-21-14(24(17)12-6-7-12)11-5-4-8-19-9-11/h4-5,8-9,12H,3,6-7,10H2,1-2H3,(H,20,28)(H,23,26)/t18-/m0/s1. The lowest BCUT2D eigenvalue weighted by Gasteiger charge is -2.19. The number of urea groups is 1. The molecule has 1 saturated heterocycles. The smallest absolute Gasteiger partial charge is 0.322 e. The number of imide groups is 1. The largest absolute Gasteiger partial charge is 0.344 e. The number of nitrogens with one attached hydrogen (secondary N) is 2. The van der Waals surface area contributed by atoms with E-state index in [-0.39, 0.29) is 5.75 Å². The molecule has 2 aliphatic rings. The van der Waals surface area contributed by atoms with E-state index >= 15 is 0 Å². The second-order valence-corrected chi connectivity index (χ2v) is 8.17. The molecule has 4 amide bonds. The number of hydrogen-bond acceptors (Lipinski definition) is 7. The molecule has 1 aliphatic heterocycles. The Morgan fingerprint density at radius 2 is 2.17 bits per heavy atom. The van der Waals surface area contributed by atoms with Crippen LogP contribution < -0.4 is 10.7 Å². The van der Waals surface area contributed by atoms with Crippen LogP contribution in [0.1, 0.15) is 39.2 Å². The number of hydrazine groups is 1. The highest BCUT2D eigenvalue weighted by Crippen LogP contribution is 2.40. The van der Waals surface area contributed by atoms with E-state index in [0.717, 1.165) is 29.2 Å². The Kier molecular flexibility index (Phi) is 4.99. The van der Waals surface area contributed by atoms with Crippen molar-refractivity contribution in [3.8, 4) is 11.4 Å². The molecule has 10 nitrogen and oxygen atoms in total. The predicted octanol–water partition coefficient (Wildman–Crippen LogP) is 1.52. The monoisotopic (exact) mass is 415 g/mol. The van der Waals surface area contributed by atoms with Crippen LogP contribution in [0.25, 0.3) is 11.4 Å². The maximum Gasteiger partial charge on any atom is 0.344 e. The van der Waals surface area contributed by atoms with Crippen molar-refractivity contribution in [1.29, 1.82) is 0 Å². The van der Waals surface area contributed by atoms with Gasteiger partial charge in [-0.15, -0.1) is 10.2 Å². The Labute approximate surface area is 171 Å². The molecule has 1 saturated carbocycles. The zero-order valence-corrected chi connectivity index (χ0v) is 16.9. The van der Waals surface area contributed by atoms with E-state index in [1.807, 2.05) is 16.7 Å². The summed E-state index contributed by atoms with van der Waals surface area (Å²) in [6.07, 6.45) is 5.92. The summed E-state index contributed by atoms with van der Waals surface area (Å²) < 4.78 is 2.02. The van der Waals surface area contributed by atoms with Gasteiger partial charge in [-0.2, -0.15) is 5.01 Å². The first kappa shape index (κ1) is 19.4. The third-order valence-corrected chi connectivity index (χ3v) is 5.98. The van der Waals surface area contributed by atoms with E-state index in [2.05, 4.69) is 25.9 Å². The molecule has 0 unspecified atom stereocenters. The van der Waals surface area contributed by atoms with Crippen LogP contribution in [-0.4, -0.2) is 53.9 Å². The van der Waals surface area contributed by atoms with Crippen LogP contribution in [0.3, 0.4) is 0 Å². The van der Waals surface area contributed by atoms with Gasteiger partial charge < -0.3 is 5.32 Å². The lowest BCUT2D eigenvalue weighted by molar-refractivity contribution is -0.137. The lowest BCUT2D eigenvalue weighted by Crippen LogP contribution is -2.49. The van der Waals surface area contributed by atoms with Crippen LogP contribution in [0.5, 0.6) is 0 Å². The summed E-state index contributed by atoms with van der Waals surface area (Å²) in [5.74, 6) is -0.218. The highest BCUT2D eigenvalue weighted by atomic mass is 32.2. The second-order valence-electron chi connectivity index (χ2n) is 7.23. The van der Waals surface area contributed by atoms with Gasteiger partial charge in [-0.1, -0.05) is 18.7 Å². The van der Waals surface area contributed by atoms with E-state index < -0.39 is 23.4 Å². The number of carbonyl (C=O) groups is 3. The molecule has 2 aromatic heterocycles. The van der Waals surface area contributed by atoms with Crippen molar-refractivity contribution in [2.45, 2.75) is 49.8 Å². The minimum atomic E-state index is -0.998. The SMILES string of the molecule is CC[C@]1(C)NC(=O)N(NC(=O)CSc2nnc(-c3cccnc3)n2C2CC2)C1=O. The van der Waals surface area contributed by atoms with Gasteiger partial charge in [0.1, 0.15) is 5.54 Å². The minimum Gasteiger partial charge on any atom is -0.322 e. The summed E-state index contributed by atoms with van der Waals surface area (Å²) >= 11 is 1.22. The predicted molar refractivity (Wildman–Crippen MR) is 104 cm³/mol. The first-order valence-corrected chi connectivity index (χ1v) is 10.4. The van der Waals surface area contributed by atoms with Crippen molar-refractivity contribution in [2.24, 2.45) is 0 Å². The third-order valence-electron chi connectivity index (χ3n) is 5.03. The Hall–Kier alpha value is -2.95. The van der Waals surface area contributed by atoms with Crippen molar-refractivity contribution in [3.63, 3.8) is 0 Å². The molecule has 11 heteroatoms. The summed E-state index contributed by atoms with van der Waals surface area (Å²) in [7, 11) is 0. The number of amides is 4. The van der Waals surface area contributed by atoms with E-state index in [1.165, 1.54) is 11.8 Å². The van der Waals surface area contributed by atoms with E-state index in [1.54, 1.807) is 26.2 Å². The maximum absolute atomic E-state index is 12.4. The molecule has 152 valence electrons. The average molecular weight is 415 g/mol. The molecule has 29 heavy (non-hydrogen) atoms. The zero-order valence-electron chi connectivity index (χ0n) is 16.1. The van der Waals surface area contributed by atoms with Gasteiger partial charge in [0.25, 0.3) is 5.91 Å². The molecule has 4 rings (SSSR count). The first-order chi connectivity index (χ1) is 13.9. The Balaban J connectivity index is 1.43. The summed E-state index contributed by atoms with van der Waals surface area (Å²) in [5, 5.41) is 12.5. The van der Waals surface area contributed by atoms with Gasteiger partial charge in [-0.05, 0) is 38.3 Å². The number of aromatic nitrogens is 4. The highest BCUT2D eigenvalue weighted by molar-refractivity contribution is 7.99. The summed E-state index contributed by atoms with van der Waals surface area (Å²) in [6, 6.07) is 3.43. The summed E-state index contributed by atoms with van der Waals surface area (Å²) in [4.78, 5) is 40.9. The summed E-state index contributed by atoms with van der Waals surface area (Å²) in [6.45, 7) is 3.43. The average Bonchev–Trinajstić information content (AvgIpc) is 3.44. The van der Waals surface area contributed by atoms with Crippen molar-refractivity contribution in [1.82, 2.24) is 35.5 Å². The van der Waals surface area contributed by atoms with Gasteiger partial charge in [0.05, 0.1) is 5.75 Å². The van der Waals surface area contributed by atoms with Crippen LogP contribution in [0.2, 0.25) is 0 Å². The molecule has 2 aromatic rings. The fraction of sp³-hybridized carbons (Fsp3) is 0.444. The number of nitrogens with zero attached hydrogens (tertiary/aromatic N) is 5. The van der Waals surface area contributed by atoms with Gasteiger partial charge in [0.2, 0.25) is 5.91 Å². The normalized spacial score (nSPS) is 21.4. The van der Waals surface area contributed by atoms with Crippen LogP contribution in [-0.2, 0) is 9.59 Å².